The average molecular weight is 243 g/mol. The summed E-state index contributed by atoms with van der Waals surface area (Å²) in [5.41, 5.74) is 2.66. The van der Waals surface area contributed by atoms with E-state index in [9.17, 15) is 0 Å². The number of alkyl halides is 1. The summed E-state index contributed by atoms with van der Waals surface area (Å²) in [6, 6.07) is 0. The van der Waals surface area contributed by atoms with Crippen LogP contribution in [0.25, 0.3) is 0 Å². The Hall–Kier alpha value is -0.840. The molecule has 2 rings (SSSR count). The van der Waals surface area contributed by atoms with E-state index < -0.39 is 0 Å². The van der Waals surface area contributed by atoms with Gasteiger partial charge in [0.15, 0.2) is 5.75 Å². The van der Waals surface area contributed by atoms with E-state index in [0.717, 1.165) is 22.6 Å². The summed E-state index contributed by atoms with van der Waals surface area (Å²) in [6.45, 7) is 5.17. The lowest BCUT2D eigenvalue weighted by atomic mass is 10.1. The topological polar surface area (TPSA) is 34.6 Å². The van der Waals surface area contributed by atoms with E-state index >= 15 is 0 Å². The van der Waals surface area contributed by atoms with Crippen molar-refractivity contribution in [3.05, 3.63) is 23.0 Å². The van der Waals surface area contributed by atoms with Crippen LogP contribution in [-0.2, 0) is 4.74 Å². The third-order valence-electron chi connectivity index (χ3n) is 2.78. The van der Waals surface area contributed by atoms with Crippen LogP contribution >= 0.6 is 11.6 Å². The van der Waals surface area contributed by atoms with E-state index in [1.807, 2.05) is 13.8 Å². The van der Waals surface area contributed by atoms with Crippen LogP contribution in [0.2, 0.25) is 0 Å². The van der Waals surface area contributed by atoms with Gasteiger partial charge in [0.25, 0.3) is 0 Å². The maximum Gasteiger partial charge on any atom is 0.159 e. The Morgan fingerprint density at radius 3 is 3.00 bits per heavy atom. The molecule has 0 amide bonds. The van der Waals surface area contributed by atoms with Crippen LogP contribution in [-0.4, -0.2) is 30.3 Å². The molecule has 1 aliphatic rings. The molecule has 0 saturated heterocycles. The Morgan fingerprint density at radius 2 is 2.31 bits per heavy atom. The molecule has 0 radical (unpaired) electrons. The predicted molar refractivity (Wildman–Crippen MR) is 61.5 cm³/mol. The van der Waals surface area contributed by atoms with Crippen molar-refractivity contribution in [1.82, 2.24) is 10.0 Å². The summed E-state index contributed by atoms with van der Waals surface area (Å²) in [7, 11) is 1.66. The molecule has 0 aliphatic carbocycles. The largest absolute Gasteiger partial charge is 0.403 e. The van der Waals surface area contributed by atoms with Gasteiger partial charge in [-0.05, 0) is 13.8 Å². The van der Waals surface area contributed by atoms with Crippen LogP contribution < -0.4 is 4.84 Å². The molecule has 1 aromatic heterocycles. The lowest BCUT2D eigenvalue weighted by molar-refractivity contribution is -0.0621. The zero-order chi connectivity index (χ0) is 11.7. The zero-order valence-electron chi connectivity index (χ0n) is 9.66. The van der Waals surface area contributed by atoms with Crippen LogP contribution in [0.5, 0.6) is 5.75 Å². The number of hydrogen-bond donors (Lipinski definition) is 0. The second kappa shape index (κ2) is 4.57. The van der Waals surface area contributed by atoms with Gasteiger partial charge in [0.2, 0.25) is 0 Å². The molecule has 5 heteroatoms. The second-order valence-electron chi connectivity index (χ2n) is 3.81. The first-order valence-electron chi connectivity index (χ1n) is 5.19. The zero-order valence-corrected chi connectivity index (χ0v) is 10.4. The van der Waals surface area contributed by atoms with E-state index in [2.05, 4.69) is 4.98 Å². The minimum absolute atomic E-state index is 0.281. The molecule has 0 bridgehead atoms. The Labute approximate surface area is 100 Å². The van der Waals surface area contributed by atoms with Crippen molar-refractivity contribution in [3.63, 3.8) is 0 Å². The van der Waals surface area contributed by atoms with E-state index in [1.54, 1.807) is 18.4 Å². The second-order valence-corrected chi connectivity index (χ2v) is 4.23. The van der Waals surface area contributed by atoms with Gasteiger partial charge in [-0.25, -0.2) is 0 Å². The number of ether oxygens (including phenoxy) is 1. The summed E-state index contributed by atoms with van der Waals surface area (Å²) < 4.78 is 5.01. The van der Waals surface area contributed by atoms with Crippen molar-refractivity contribution in [2.75, 3.05) is 20.3 Å². The van der Waals surface area contributed by atoms with Crippen molar-refractivity contribution in [2.45, 2.75) is 19.3 Å². The van der Waals surface area contributed by atoms with Gasteiger partial charge in [-0.1, -0.05) is 11.6 Å². The van der Waals surface area contributed by atoms with Gasteiger partial charge >= 0.3 is 0 Å². The third kappa shape index (κ3) is 1.88. The highest BCUT2D eigenvalue weighted by molar-refractivity contribution is 6.20. The molecule has 2 heterocycles. The quantitative estimate of drug-likeness (QED) is 0.601. The number of aromatic nitrogens is 1. The van der Waals surface area contributed by atoms with Crippen molar-refractivity contribution in [1.29, 1.82) is 0 Å². The van der Waals surface area contributed by atoms with Gasteiger partial charge in [0.05, 0.1) is 18.7 Å². The highest BCUT2D eigenvalue weighted by Crippen LogP contribution is 2.41. The first kappa shape index (κ1) is 11.6. The van der Waals surface area contributed by atoms with Gasteiger partial charge in [0.1, 0.15) is 5.50 Å². The molecule has 0 N–H and O–H groups in total. The van der Waals surface area contributed by atoms with E-state index in [-0.39, 0.29) is 5.50 Å². The Balaban J connectivity index is 2.24. The molecular weight excluding hydrogens is 228 g/mol. The smallest absolute Gasteiger partial charge is 0.159 e. The number of nitrogens with zero attached hydrogens (tertiary/aromatic N) is 2. The molecule has 1 atom stereocenters. The van der Waals surface area contributed by atoms with Gasteiger partial charge < -0.3 is 9.57 Å². The summed E-state index contributed by atoms with van der Waals surface area (Å²) in [5.74, 6) is 0.837. The summed E-state index contributed by atoms with van der Waals surface area (Å²) in [4.78, 5) is 10.0. The number of hydrogen-bond acceptors (Lipinski definition) is 4. The van der Waals surface area contributed by atoms with Crippen LogP contribution in [0, 0.1) is 13.8 Å². The van der Waals surface area contributed by atoms with Crippen LogP contribution in [0.1, 0.15) is 22.3 Å². The first-order chi connectivity index (χ1) is 7.65. The maximum atomic E-state index is 6.27. The van der Waals surface area contributed by atoms with Crippen molar-refractivity contribution >= 4 is 11.6 Å². The molecule has 16 heavy (non-hydrogen) atoms. The number of pyridine rings is 1. The van der Waals surface area contributed by atoms with Crippen LogP contribution in [0.15, 0.2) is 6.20 Å². The summed E-state index contributed by atoms with van der Waals surface area (Å²) >= 11 is 6.27. The summed E-state index contributed by atoms with van der Waals surface area (Å²) in [5, 5.41) is 1.71. The first-order valence-corrected chi connectivity index (χ1v) is 5.62. The molecule has 1 aromatic rings. The molecule has 1 unspecified atom stereocenters. The number of aryl methyl sites for hydroxylation is 1. The van der Waals surface area contributed by atoms with Crippen molar-refractivity contribution < 1.29 is 9.57 Å². The van der Waals surface area contributed by atoms with Gasteiger partial charge in [-0.3, -0.25) is 4.98 Å². The SMILES string of the molecule is COCCN1Oc2c(cnc(C)c2C)C1Cl. The summed E-state index contributed by atoms with van der Waals surface area (Å²) in [6.07, 6.45) is 1.78. The Kier molecular flexibility index (Phi) is 3.33. The average Bonchev–Trinajstić information content (AvgIpc) is 2.59. The van der Waals surface area contributed by atoms with Gasteiger partial charge in [-0.15, -0.1) is 5.06 Å². The minimum Gasteiger partial charge on any atom is -0.403 e. The van der Waals surface area contributed by atoms with Gasteiger partial charge in [-0.2, -0.15) is 0 Å². The lowest BCUT2D eigenvalue weighted by Crippen LogP contribution is -2.27. The number of fused-ring (bicyclic) bond motifs is 1. The molecule has 4 nitrogen and oxygen atoms in total. The van der Waals surface area contributed by atoms with Crippen LogP contribution in [0.3, 0.4) is 0 Å². The van der Waals surface area contributed by atoms with Crippen molar-refractivity contribution in [2.24, 2.45) is 0 Å². The van der Waals surface area contributed by atoms with Crippen LogP contribution in [0.4, 0.5) is 0 Å². The monoisotopic (exact) mass is 242 g/mol. The van der Waals surface area contributed by atoms with E-state index in [0.29, 0.717) is 13.2 Å². The number of rotatable bonds is 3. The molecule has 1 aliphatic heterocycles. The fourth-order valence-electron chi connectivity index (χ4n) is 1.65. The van der Waals surface area contributed by atoms with Gasteiger partial charge in [0, 0.05) is 24.6 Å². The Morgan fingerprint density at radius 1 is 1.56 bits per heavy atom. The molecule has 0 fully saturated rings. The molecule has 0 saturated carbocycles. The standard InChI is InChI=1S/C11H15ClN2O2/c1-7-8(2)13-6-9-10(7)16-14(11(9)12)4-5-15-3/h6,11H,4-5H2,1-3H3. The Bertz CT molecular complexity index is 398. The number of methoxy groups -OCH3 is 1. The molecule has 0 spiro atoms. The van der Waals surface area contributed by atoms with E-state index in [1.165, 1.54) is 0 Å². The maximum absolute atomic E-state index is 6.27. The predicted octanol–water partition coefficient (Wildman–Crippen LogP) is 2.19. The lowest BCUT2D eigenvalue weighted by Gasteiger charge is -2.17. The third-order valence-corrected chi connectivity index (χ3v) is 3.23. The normalized spacial score (nSPS) is 19.6. The molecule has 88 valence electrons. The number of halogens is 1. The minimum atomic E-state index is -0.281. The fourth-order valence-corrected chi connectivity index (χ4v) is 1.95. The van der Waals surface area contributed by atoms with Crippen molar-refractivity contribution in [3.8, 4) is 5.75 Å². The highest BCUT2D eigenvalue weighted by Gasteiger charge is 2.32. The molecular formula is C11H15ClN2O2. The molecule has 0 aromatic carbocycles. The number of hydroxylamine groups is 2. The van der Waals surface area contributed by atoms with E-state index in [4.69, 9.17) is 21.2 Å². The highest BCUT2D eigenvalue weighted by atomic mass is 35.5. The fraction of sp³-hybridized carbons (Fsp3) is 0.545.